The third-order valence-corrected chi connectivity index (χ3v) is 5.64. The molecule has 4 heteroatoms. The van der Waals surface area contributed by atoms with Crippen LogP contribution in [0.15, 0.2) is 12.2 Å². The van der Waals surface area contributed by atoms with Crippen molar-refractivity contribution in [1.82, 2.24) is 4.90 Å². The Hall–Kier alpha value is -0.925. The Bertz CT molecular complexity index is 458. The fourth-order valence-corrected chi connectivity index (χ4v) is 4.77. The Labute approximate surface area is 142 Å². The average Bonchev–Trinajstić information content (AvgIpc) is 2.44. The molecule has 3 nitrogen and oxygen atoms in total. The molecule has 23 heavy (non-hydrogen) atoms. The summed E-state index contributed by atoms with van der Waals surface area (Å²) in [7, 11) is 2.61. The first kappa shape index (κ1) is 16.9. The Morgan fingerprint density at radius 2 is 1.87 bits per heavy atom. The van der Waals surface area contributed by atoms with Gasteiger partial charge in [-0.2, -0.15) is 0 Å². The van der Waals surface area contributed by atoms with Gasteiger partial charge in [-0.3, -0.25) is 0 Å². The summed E-state index contributed by atoms with van der Waals surface area (Å²) in [5.74, 6) is 2.95. The van der Waals surface area contributed by atoms with Gasteiger partial charge in [0.1, 0.15) is 12.9 Å². The van der Waals surface area contributed by atoms with E-state index in [1.807, 2.05) is 25.7 Å². The lowest BCUT2D eigenvalue weighted by Crippen LogP contribution is -2.46. The number of fused-ring (bicyclic) bond motifs is 2. The predicted molar refractivity (Wildman–Crippen MR) is 94.9 cm³/mol. The second-order valence-corrected chi connectivity index (χ2v) is 8.95. The summed E-state index contributed by atoms with van der Waals surface area (Å²) in [5, 5.41) is 0. The lowest BCUT2D eigenvalue weighted by atomic mass is 9.41. The van der Waals surface area contributed by atoms with Gasteiger partial charge in [0.15, 0.2) is 0 Å². The first-order valence-corrected chi connectivity index (χ1v) is 9.30. The zero-order valence-corrected chi connectivity index (χ0v) is 15.0. The number of carbonyl (C=O) groups excluding carboxylic acids is 1. The van der Waals surface area contributed by atoms with Crippen molar-refractivity contribution in [2.75, 3.05) is 13.1 Å². The maximum atomic E-state index is 12.4. The van der Waals surface area contributed by atoms with Crippen LogP contribution in [0.5, 0.6) is 0 Å². The molecule has 0 aliphatic carbocycles. The van der Waals surface area contributed by atoms with Gasteiger partial charge in [0, 0.05) is 13.1 Å². The van der Waals surface area contributed by atoms with Crippen LogP contribution >= 0.6 is 0 Å². The Morgan fingerprint density at radius 3 is 2.48 bits per heavy atom. The van der Waals surface area contributed by atoms with Gasteiger partial charge in [-0.25, -0.2) is 4.79 Å². The van der Waals surface area contributed by atoms with Gasteiger partial charge < -0.3 is 9.64 Å². The Morgan fingerprint density at radius 1 is 1.22 bits per heavy atom. The van der Waals surface area contributed by atoms with Gasteiger partial charge in [-0.15, -0.1) is 0 Å². The standard InChI is InChI=1S/C19H31BNO2/c1-13-8-15(12-21(11-13)18(22)23-19(2,3)4)14-9-16-6-5-7-17(10-14)20-16/h14-17H,1,5-12H2,2-4H3. The third-order valence-electron chi connectivity index (χ3n) is 5.64. The van der Waals surface area contributed by atoms with Crippen LogP contribution < -0.4 is 0 Å². The van der Waals surface area contributed by atoms with Crippen LogP contribution in [0, 0.1) is 11.8 Å². The highest BCUT2D eigenvalue weighted by Gasteiger charge is 2.39. The molecule has 3 unspecified atom stereocenters. The number of nitrogens with zero attached hydrogens (tertiary/aromatic N) is 1. The van der Waals surface area contributed by atoms with Crippen molar-refractivity contribution >= 4 is 13.4 Å². The first-order chi connectivity index (χ1) is 10.8. The molecule has 3 saturated heterocycles. The van der Waals surface area contributed by atoms with Crippen molar-refractivity contribution in [2.24, 2.45) is 11.8 Å². The van der Waals surface area contributed by atoms with Crippen LogP contribution in [0.3, 0.4) is 0 Å². The molecule has 3 atom stereocenters. The molecule has 0 aromatic rings. The number of amides is 1. The van der Waals surface area contributed by atoms with Gasteiger partial charge in [0.25, 0.3) is 0 Å². The summed E-state index contributed by atoms with van der Waals surface area (Å²) in [6.07, 6.45) is 7.69. The van der Waals surface area contributed by atoms with E-state index in [1.165, 1.54) is 37.7 Å². The minimum Gasteiger partial charge on any atom is -0.444 e. The van der Waals surface area contributed by atoms with E-state index >= 15 is 0 Å². The maximum Gasteiger partial charge on any atom is 0.410 e. The Balaban J connectivity index is 1.63. The summed E-state index contributed by atoms with van der Waals surface area (Å²) < 4.78 is 5.58. The van der Waals surface area contributed by atoms with Crippen LogP contribution in [0.4, 0.5) is 4.79 Å². The lowest BCUT2D eigenvalue weighted by Gasteiger charge is -2.45. The molecule has 3 aliphatic rings. The van der Waals surface area contributed by atoms with E-state index in [1.54, 1.807) is 0 Å². The third kappa shape index (κ3) is 4.33. The van der Waals surface area contributed by atoms with E-state index in [4.69, 9.17) is 4.74 Å². The van der Waals surface area contributed by atoms with Gasteiger partial charge in [-0.1, -0.05) is 55.9 Å². The Kier molecular flexibility index (Phi) is 4.80. The van der Waals surface area contributed by atoms with Crippen molar-refractivity contribution in [3.8, 4) is 0 Å². The average molecular weight is 316 g/mol. The summed E-state index contributed by atoms with van der Waals surface area (Å²) in [6, 6.07) is 0. The van der Waals surface area contributed by atoms with Crippen molar-refractivity contribution in [2.45, 2.75) is 76.5 Å². The number of ether oxygens (including phenoxy) is 1. The molecule has 1 amide bonds. The summed E-state index contributed by atoms with van der Waals surface area (Å²) >= 11 is 0. The van der Waals surface area contributed by atoms with Crippen molar-refractivity contribution in [3.63, 3.8) is 0 Å². The highest BCUT2D eigenvalue weighted by molar-refractivity contribution is 6.40. The van der Waals surface area contributed by atoms with Crippen LogP contribution in [0.1, 0.15) is 59.3 Å². The molecule has 3 fully saturated rings. The highest BCUT2D eigenvalue weighted by atomic mass is 16.6. The fraction of sp³-hybridized carbons (Fsp3) is 0.842. The zero-order chi connectivity index (χ0) is 16.6. The normalized spacial score (nSPS) is 34.7. The number of piperidine rings is 1. The summed E-state index contributed by atoms with van der Waals surface area (Å²) in [5.41, 5.74) is 0.758. The predicted octanol–water partition coefficient (Wildman–Crippen LogP) is 4.67. The van der Waals surface area contributed by atoms with Crippen LogP contribution in [0.25, 0.3) is 0 Å². The smallest absolute Gasteiger partial charge is 0.410 e. The number of rotatable bonds is 1. The van der Waals surface area contributed by atoms with Gasteiger partial charge in [0.05, 0.1) is 0 Å². The monoisotopic (exact) mass is 316 g/mol. The van der Waals surface area contributed by atoms with Crippen LogP contribution in [-0.2, 0) is 4.74 Å². The molecule has 0 aromatic heterocycles. The molecule has 3 heterocycles. The SMILES string of the molecule is C=C1CC(C2CC3[B]C(CCC3)C2)CN(C(=O)OC(C)(C)C)C1. The van der Waals surface area contributed by atoms with Gasteiger partial charge in [-0.05, 0) is 39.0 Å². The number of hydrogen-bond donors (Lipinski definition) is 0. The molecule has 0 saturated carbocycles. The molecule has 0 spiro atoms. The number of carbonyl (C=O) groups is 1. The van der Waals surface area contributed by atoms with E-state index in [0.717, 1.165) is 30.5 Å². The van der Waals surface area contributed by atoms with Gasteiger partial charge >= 0.3 is 6.09 Å². The van der Waals surface area contributed by atoms with E-state index in [9.17, 15) is 4.79 Å². The molecule has 2 bridgehead atoms. The highest BCUT2D eigenvalue weighted by Crippen LogP contribution is 2.48. The second-order valence-electron chi connectivity index (χ2n) is 8.95. The quantitative estimate of drug-likeness (QED) is 0.519. The second kappa shape index (κ2) is 6.53. The molecule has 3 rings (SSSR count). The molecule has 0 aromatic carbocycles. The minimum absolute atomic E-state index is 0.175. The number of likely N-dealkylation sites (tertiary alicyclic amines) is 1. The van der Waals surface area contributed by atoms with E-state index in [0.29, 0.717) is 12.5 Å². The molecular weight excluding hydrogens is 285 g/mol. The van der Waals surface area contributed by atoms with Crippen LogP contribution in [-0.4, -0.2) is 37.0 Å². The molecule has 1 radical (unpaired) electrons. The molecule has 3 aliphatic heterocycles. The topological polar surface area (TPSA) is 29.5 Å². The summed E-state index contributed by atoms with van der Waals surface area (Å²) in [6.45, 7) is 11.5. The fourth-order valence-electron chi connectivity index (χ4n) is 4.77. The number of hydrogen-bond acceptors (Lipinski definition) is 2. The van der Waals surface area contributed by atoms with Gasteiger partial charge in [0.2, 0.25) is 0 Å². The van der Waals surface area contributed by atoms with E-state index < -0.39 is 5.60 Å². The summed E-state index contributed by atoms with van der Waals surface area (Å²) in [4.78, 5) is 14.3. The minimum atomic E-state index is -0.428. The largest absolute Gasteiger partial charge is 0.444 e. The zero-order valence-electron chi connectivity index (χ0n) is 15.0. The van der Waals surface area contributed by atoms with E-state index in [-0.39, 0.29) is 6.09 Å². The molecule has 127 valence electrons. The van der Waals surface area contributed by atoms with Crippen LogP contribution in [0.2, 0.25) is 11.6 Å². The van der Waals surface area contributed by atoms with Crippen molar-refractivity contribution in [1.29, 1.82) is 0 Å². The molecular formula is C19H31BNO2. The molecule has 0 N–H and O–H groups in total. The van der Waals surface area contributed by atoms with E-state index in [2.05, 4.69) is 13.9 Å². The lowest BCUT2D eigenvalue weighted by molar-refractivity contribution is 0.0170. The first-order valence-electron chi connectivity index (χ1n) is 9.30. The van der Waals surface area contributed by atoms with Crippen molar-refractivity contribution in [3.05, 3.63) is 12.2 Å². The van der Waals surface area contributed by atoms with Crippen molar-refractivity contribution < 1.29 is 9.53 Å². The maximum absolute atomic E-state index is 12.4.